The monoisotopic (exact) mass is 786 g/mol. The number of rotatable bonds is 10. The van der Waals surface area contributed by atoms with Crippen molar-refractivity contribution in [2.45, 2.75) is 0 Å². The Labute approximate surface area is 344 Å². The molecule has 10 aromatic rings. The van der Waals surface area contributed by atoms with Crippen LogP contribution in [-0.2, 0) is 0 Å². The zero-order valence-electron chi connectivity index (χ0n) is 30.6. The zero-order chi connectivity index (χ0) is 38.0. The minimum absolute atomic E-state index is 0.948. The first-order valence-corrected chi connectivity index (χ1v) is 21.1. The predicted octanol–water partition coefficient (Wildman–Crippen LogP) is 15.4. The molecule has 0 unspecified atom stereocenters. The van der Waals surface area contributed by atoms with E-state index in [0.29, 0.717) is 0 Å². The topological polar surface area (TPSA) is 32.3 Å². The van der Waals surface area contributed by atoms with Crippen LogP contribution in [0.4, 0.5) is 34.1 Å². The quantitative estimate of drug-likeness (QED) is 0.138. The minimum Gasteiger partial charge on any atom is -0.311 e. The molecule has 10 rings (SSSR count). The highest BCUT2D eigenvalue weighted by atomic mass is 32.1. The van der Waals surface area contributed by atoms with Crippen molar-refractivity contribution in [3.8, 4) is 41.8 Å². The van der Waals surface area contributed by atoms with Crippen LogP contribution in [0.3, 0.4) is 0 Å². The number of benzene rings is 7. The van der Waals surface area contributed by atoms with E-state index in [2.05, 4.69) is 216 Å². The smallest absolute Gasteiger partial charge is 0.114 e. The maximum atomic E-state index is 4.82. The molecule has 272 valence electrons. The molecule has 0 saturated carbocycles. The third-order valence-corrected chi connectivity index (χ3v) is 12.9. The van der Waals surface area contributed by atoms with Gasteiger partial charge >= 0.3 is 0 Å². The third-order valence-electron chi connectivity index (χ3n) is 10.0. The summed E-state index contributed by atoms with van der Waals surface area (Å²) in [7, 11) is 0. The summed E-state index contributed by atoms with van der Waals surface area (Å²) in [6, 6.07) is 73.1. The molecular weight excluding hydrogens is 753 g/mol. The largest absolute Gasteiger partial charge is 0.311 e. The van der Waals surface area contributed by atoms with E-state index in [9.17, 15) is 0 Å². The van der Waals surface area contributed by atoms with Gasteiger partial charge in [0.2, 0.25) is 0 Å². The van der Waals surface area contributed by atoms with Crippen LogP contribution < -0.4 is 9.80 Å². The third kappa shape index (κ3) is 6.93. The molecule has 0 amide bonds. The van der Waals surface area contributed by atoms with Crippen LogP contribution in [0.2, 0.25) is 0 Å². The van der Waals surface area contributed by atoms with Crippen molar-refractivity contribution in [1.82, 2.24) is 8.75 Å². The van der Waals surface area contributed by atoms with Crippen LogP contribution in [0.15, 0.2) is 206 Å². The average Bonchev–Trinajstić information content (AvgIpc) is 4.09. The molecule has 7 heteroatoms. The SMILES string of the molecule is c1ccc(N(c2ccccc2)c2ccc(-c3ccc(-c4ccc(-c5ccc(-c6ccc(N(c7ccccc7)c7ccccc7)cc6)s5)c5nsnc45)s3)cc2)cc1. The normalized spacial score (nSPS) is 11.2. The summed E-state index contributed by atoms with van der Waals surface area (Å²) in [4.78, 5) is 9.37. The number of anilines is 6. The molecule has 3 heterocycles. The minimum atomic E-state index is 0.948. The number of fused-ring (bicyclic) bond motifs is 1. The van der Waals surface area contributed by atoms with Crippen molar-refractivity contribution in [2.24, 2.45) is 0 Å². The standard InChI is InChI=1S/C50H34N4S3/c1-5-13-37(14-6-1)53(38-15-7-2-8-16-38)41-25-21-35(22-26-41)45-31-33-47(55-45)43-29-30-44(50-49(43)51-57-52-50)48-34-32-46(56-48)36-23-27-42(28-24-36)54(39-17-9-3-10-18-39)40-19-11-4-12-20-40/h1-34H. The molecule has 0 aliphatic rings. The molecule has 57 heavy (non-hydrogen) atoms. The van der Waals surface area contributed by atoms with Gasteiger partial charge in [-0.05, 0) is 108 Å². The summed E-state index contributed by atoms with van der Waals surface area (Å²) in [5.41, 5.74) is 13.2. The lowest BCUT2D eigenvalue weighted by atomic mass is 10.1. The summed E-state index contributed by atoms with van der Waals surface area (Å²) >= 11 is 4.86. The first kappa shape index (κ1) is 34.8. The van der Waals surface area contributed by atoms with E-state index in [0.717, 1.165) is 56.3 Å². The van der Waals surface area contributed by atoms with Gasteiger partial charge in [-0.1, -0.05) is 109 Å². The van der Waals surface area contributed by atoms with Gasteiger partial charge in [0.25, 0.3) is 0 Å². The molecule has 3 aromatic heterocycles. The van der Waals surface area contributed by atoms with E-state index in [1.807, 2.05) is 0 Å². The Kier molecular flexibility index (Phi) is 9.46. The van der Waals surface area contributed by atoms with Gasteiger partial charge < -0.3 is 9.80 Å². The lowest BCUT2D eigenvalue weighted by Crippen LogP contribution is -2.09. The van der Waals surface area contributed by atoms with E-state index in [-0.39, 0.29) is 0 Å². The first-order valence-electron chi connectivity index (χ1n) is 18.7. The molecule has 0 spiro atoms. The Morgan fingerprint density at radius 2 is 0.579 bits per heavy atom. The molecule has 0 aliphatic heterocycles. The predicted molar refractivity (Wildman–Crippen MR) is 244 cm³/mol. The molecule has 4 nitrogen and oxygen atoms in total. The molecule has 0 bridgehead atoms. The lowest BCUT2D eigenvalue weighted by molar-refractivity contribution is 1.28. The van der Waals surface area contributed by atoms with E-state index in [1.54, 1.807) is 22.7 Å². The number of aromatic nitrogens is 2. The van der Waals surface area contributed by atoms with Crippen LogP contribution in [0.5, 0.6) is 0 Å². The van der Waals surface area contributed by atoms with Gasteiger partial charge in [0, 0.05) is 64.8 Å². The number of nitrogens with zero attached hydrogens (tertiary/aromatic N) is 4. The summed E-state index contributed by atoms with van der Waals surface area (Å²) in [6.07, 6.45) is 0. The van der Waals surface area contributed by atoms with Gasteiger partial charge in [-0.15, -0.1) is 22.7 Å². The van der Waals surface area contributed by atoms with Crippen LogP contribution >= 0.6 is 34.4 Å². The maximum Gasteiger partial charge on any atom is 0.114 e. The molecule has 0 saturated heterocycles. The van der Waals surface area contributed by atoms with Crippen molar-refractivity contribution < 1.29 is 0 Å². The van der Waals surface area contributed by atoms with Crippen molar-refractivity contribution in [3.63, 3.8) is 0 Å². The van der Waals surface area contributed by atoms with Crippen LogP contribution in [0.25, 0.3) is 52.8 Å². The number of para-hydroxylation sites is 4. The molecule has 0 atom stereocenters. The highest BCUT2D eigenvalue weighted by Gasteiger charge is 2.18. The molecule has 0 aliphatic carbocycles. The number of thiophene rings is 2. The fourth-order valence-corrected chi connectivity index (χ4v) is 9.94. The Balaban J connectivity index is 0.905. The number of hydrogen-bond donors (Lipinski definition) is 0. The summed E-state index contributed by atoms with van der Waals surface area (Å²) in [5, 5.41) is 0. The summed E-state index contributed by atoms with van der Waals surface area (Å²) in [5.74, 6) is 0. The van der Waals surface area contributed by atoms with Gasteiger partial charge in [-0.25, -0.2) is 0 Å². The highest BCUT2D eigenvalue weighted by molar-refractivity contribution is 7.19. The van der Waals surface area contributed by atoms with Crippen molar-refractivity contribution in [2.75, 3.05) is 9.80 Å². The van der Waals surface area contributed by atoms with Gasteiger partial charge in [0.15, 0.2) is 0 Å². The van der Waals surface area contributed by atoms with Crippen molar-refractivity contribution >= 4 is 79.6 Å². The first-order chi connectivity index (χ1) is 28.3. The van der Waals surface area contributed by atoms with Crippen LogP contribution in [0, 0.1) is 0 Å². The van der Waals surface area contributed by atoms with Gasteiger partial charge in [-0.2, -0.15) is 8.75 Å². The van der Waals surface area contributed by atoms with Gasteiger partial charge in [0.1, 0.15) is 11.0 Å². The Morgan fingerprint density at radius 3 is 0.912 bits per heavy atom. The molecule has 0 N–H and O–H groups in total. The summed E-state index contributed by atoms with van der Waals surface area (Å²) < 4.78 is 9.65. The highest BCUT2D eigenvalue weighted by Crippen LogP contribution is 2.44. The average molecular weight is 787 g/mol. The van der Waals surface area contributed by atoms with Crippen molar-refractivity contribution in [1.29, 1.82) is 0 Å². The lowest BCUT2D eigenvalue weighted by Gasteiger charge is -2.25. The Morgan fingerprint density at radius 1 is 0.281 bits per heavy atom. The van der Waals surface area contributed by atoms with Gasteiger partial charge in [-0.3, -0.25) is 0 Å². The van der Waals surface area contributed by atoms with E-state index >= 15 is 0 Å². The maximum absolute atomic E-state index is 4.82. The molecule has 7 aromatic carbocycles. The molecule has 0 fully saturated rings. The van der Waals surface area contributed by atoms with E-state index in [4.69, 9.17) is 8.75 Å². The molecular formula is C50H34N4S3. The Bertz CT molecular complexity index is 2610. The van der Waals surface area contributed by atoms with Crippen LogP contribution in [-0.4, -0.2) is 8.75 Å². The van der Waals surface area contributed by atoms with Crippen LogP contribution in [0.1, 0.15) is 0 Å². The van der Waals surface area contributed by atoms with E-state index < -0.39 is 0 Å². The molecule has 0 radical (unpaired) electrons. The fourth-order valence-electron chi connectivity index (χ4n) is 7.29. The van der Waals surface area contributed by atoms with Crippen molar-refractivity contribution in [3.05, 3.63) is 206 Å². The second-order valence-electron chi connectivity index (χ2n) is 13.6. The number of hydrogen-bond acceptors (Lipinski definition) is 7. The second kappa shape index (κ2) is 15.5. The zero-order valence-corrected chi connectivity index (χ0v) is 33.1. The fraction of sp³-hybridized carbons (Fsp3) is 0. The van der Waals surface area contributed by atoms with E-state index in [1.165, 1.54) is 42.4 Å². The second-order valence-corrected chi connectivity index (χ2v) is 16.3. The Hall–Kier alpha value is -6.64. The van der Waals surface area contributed by atoms with Gasteiger partial charge in [0.05, 0.1) is 11.7 Å². The summed E-state index contributed by atoms with van der Waals surface area (Å²) in [6.45, 7) is 0.